The third-order valence-corrected chi connectivity index (χ3v) is 8.15. The van der Waals surface area contributed by atoms with Gasteiger partial charge in [-0.1, -0.05) is 56.3 Å². The predicted octanol–water partition coefficient (Wildman–Crippen LogP) is 2.99. The Morgan fingerprint density at radius 3 is 2.29 bits per heavy atom. The summed E-state index contributed by atoms with van der Waals surface area (Å²) in [7, 11) is -4.00. The van der Waals surface area contributed by atoms with Crippen molar-refractivity contribution in [2.24, 2.45) is 0 Å². The van der Waals surface area contributed by atoms with Gasteiger partial charge in [0.25, 0.3) is 15.9 Å². The molecule has 2 aromatic rings. The predicted molar refractivity (Wildman–Crippen MR) is 133 cm³/mol. The largest absolute Gasteiger partial charge is 0.352 e. The highest BCUT2D eigenvalue weighted by molar-refractivity contribution is 7.90. The van der Waals surface area contributed by atoms with Gasteiger partial charge in [-0.3, -0.25) is 14.4 Å². The summed E-state index contributed by atoms with van der Waals surface area (Å²) < 4.78 is 26.5. The quantitative estimate of drug-likeness (QED) is 0.512. The molecular formula is C26H33N3O5S. The fourth-order valence-corrected chi connectivity index (χ4v) is 5.70. The maximum Gasteiger partial charge on any atom is 0.269 e. The Hall–Kier alpha value is -3.20. The Labute approximate surface area is 207 Å². The molecule has 0 saturated carbocycles. The van der Waals surface area contributed by atoms with Crippen LogP contribution in [-0.4, -0.2) is 60.5 Å². The molecule has 2 aromatic carbocycles. The van der Waals surface area contributed by atoms with Gasteiger partial charge in [0.15, 0.2) is 0 Å². The van der Waals surface area contributed by atoms with Gasteiger partial charge in [0.1, 0.15) is 10.9 Å². The fourth-order valence-electron chi connectivity index (χ4n) is 4.13. The molecule has 0 spiro atoms. The summed E-state index contributed by atoms with van der Waals surface area (Å²) in [6.07, 6.45) is 1.51. The molecule has 0 radical (unpaired) electrons. The lowest BCUT2D eigenvalue weighted by Gasteiger charge is -2.32. The van der Waals surface area contributed by atoms with E-state index in [4.69, 9.17) is 0 Å². The molecule has 0 aromatic heterocycles. The van der Waals surface area contributed by atoms with Crippen molar-refractivity contribution < 1.29 is 22.8 Å². The zero-order chi connectivity index (χ0) is 25.6. The summed E-state index contributed by atoms with van der Waals surface area (Å²) in [6.45, 7) is 5.74. The van der Waals surface area contributed by atoms with Crippen molar-refractivity contribution in [2.45, 2.75) is 63.4 Å². The maximum absolute atomic E-state index is 13.4. The molecule has 0 bridgehead atoms. The number of hydrogen-bond donors (Lipinski definition) is 1. The number of hydrogen-bond acceptors (Lipinski definition) is 5. The van der Waals surface area contributed by atoms with Crippen LogP contribution < -0.4 is 5.32 Å². The van der Waals surface area contributed by atoms with Gasteiger partial charge in [-0.05, 0) is 43.9 Å². The lowest BCUT2D eigenvalue weighted by Crippen LogP contribution is -2.52. The third-order valence-electron chi connectivity index (χ3n) is 6.31. The molecule has 8 nitrogen and oxygen atoms in total. The van der Waals surface area contributed by atoms with Crippen LogP contribution in [0.2, 0.25) is 0 Å². The van der Waals surface area contributed by atoms with Crippen LogP contribution in [0.1, 0.15) is 56.0 Å². The Balaban J connectivity index is 1.78. The highest BCUT2D eigenvalue weighted by Crippen LogP contribution is 2.30. The van der Waals surface area contributed by atoms with Crippen molar-refractivity contribution in [1.82, 2.24) is 14.5 Å². The molecule has 188 valence electrons. The standard InChI is InChI=1S/C26H33N3O5S/c1-4-19(3)27-25(31)22(5-2)28(17-15-20-11-7-6-8-12-20)24(30)16-18-29-26(32)21-13-9-10-14-23(21)35(29,33)34/h6-14,19,22H,4-5,15-18H2,1-3H3,(H,27,31)/t19-,22-/m0/s1. The summed E-state index contributed by atoms with van der Waals surface area (Å²) in [5.41, 5.74) is 1.13. The van der Waals surface area contributed by atoms with Crippen LogP contribution in [0.4, 0.5) is 0 Å². The van der Waals surface area contributed by atoms with E-state index >= 15 is 0 Å². The van der Waals surface area contributed by atoms with Gasteiger partial charge in [-0.15, -0.1) is 0 Å². The first-order valence-corrected chi connectivity index (χ1v) is 13.4. The van der Waals surface area contributed by atoms with Crippen LogP contribution >= 0.6 is 0 Å². The SMILES string of the molecule is CC[C@H](C)NC(=O)[C@H](CC)N(CCc1ccccc1)C(=O)CCN1C(=O)c2ccccc2S1(=O)=O. The second kappa shape index (κ2) is 11.5. The number of nitrogens with one attached hydrogen (secondary N) is 1. The molecule has 0 saturated heterocycles. The van der Waals surface area contributed by atoms with E-state index in [1.54, 1.807) is 12.1 Å². The molecule has 35 heavy (non-hydrogen) atoms. The summed E-state index contributed by atoms with van der Waals surface area (Å²) >= 11 is 0. The summed E-state index contributed by atoms with van der Waals surface area (Å²) in [5, 5.41) is 2.95. The first-order chi connectivity index (χ1) is 16.7. The van der Waals surface area contributed by atoms with Crippen LogP contribution in [0.3, 0.4) is 0 Å². The number of carbonyl (C=O) groups excluding carboxylic acids is 3. The number of rotatable bonds is 11. The van der Waals surface area contributed by atoms with Crippen molar-refractivity contribution in [3.63, 3.8) is 0 Å². The summed E-state index contributed by atoms with van der Waals surface area (Å²) in [6, 6.07) is 14.9. The van der Waals surface area contributed by atoms with Crippen LogP contribution in [0.5, 0.6) is 0 Å². The molecule has 3 amide bonds. The van der Waals surface area contributed by atoms with E-state index in [0.29, 0.717) is 19.4 Å². The number of sulfonamides is 1. The highest BCUT2D eigenvalue weighted by atomic mass is 32.2. The fraction of sp³-hybridized carbons (Fsp3) is 0.423. The van der Waals surface area contributed by atoms with E-state index < -0.39 is 22.0 Å². The molecule has 1 N–H and O–H groups in total. The van der Waals surface area contributed by atoms with Crippen LogP contribution in [0.15, 0.2) is 59.5 Å². The van der Waals surface area contributed by atoms with Crippen molar-refractivity contribution in [1.29, 1.82) is 0 Å². The van der Waals surface area contributed by atoms with E-state index in [2.05, 4.69) is 5.32 Å². The lowest BCUT2D eigenvalue weighted by molar-refractivity contribution is -0.141. The normalized spacial score (nSPS) is 15.9. The first-order valence-electron chi connectivity index (χ1n) is 12.0. The van der Waals surface area contributed by atoms with Gasteiger partial charge in [-0.25, -0.2) is 12.7 Å². The lowest BCUT2D eigenvalue weighted by atomic mass is 10.1. The topological polar surface area (TPSA) is 104 Å². The number of amides is 3. The summed E-state index contributed by atoms with van der Waals surface area (Å²) in [5.74, 6) is -1.24. The van der Waals surface area contributed by atoms with Crippen LogP contribution in [0.25, 0.3) is 0 Å². The average molecular weight is 500 g/mol. The minimum absolute atomic E-state index is 0.0338. The van der Waals surface area contributed by atoms with Crippen LogP contribution in [-0.2, 0) is 26.0 Å². The minimum Gasteiger partial charge on any atom is -0.352 e. The molecular weight excluding hydrogens is 466 g/mol. The van der Waals surface area contributed by atoms with Gasteiger partial charge in [0, 0.05) is 25.6 Å². The van der Waals surface area contributed by atoms with E-state index in [1.807, 2.05) is 51.1 Å². The van der Waals surface area contributed by atoms with Crippen molar-refractivity contribution in [3.8, 4) is 0 Å². The molecule has 0 fully saturated rings. The van der Waals surface area contributed by atoms with Gasteiger partial charge >= 0.3 is 0 Å². The molecule has 1 aliphatic heterocycles. The van der Waals surface area contributed by atoms with E-state index in [1.165, 1.54) is 17.0 Å². The Bertz CT molecular complexity index is 1170. The highest BCUT2D eigenvalue weighted by Gasteiger charge is 2.41. The maximum atomic E-state index is 13.4. The Kier molecular flexibility index (Phi) is 8.67. The van der Waals surface area contributed by atoms with E-state index in [-0.39, 0.29) is 41.3 Å². The number of fused-ring (bicyclic) bond motifs is 1. The molecule has 1 heterocycles. The first kappa shape index (κ1) is 26.4. The molecule has 0 unspecified atom stereocenters. The monoisotopic (exact) mass is 499 g/mol. The van der Waals surface area contributed by atoms with Crippen LogP contribution in [0, 0.1) is 0 Å². The Morgan fingerprint density at radius 1 is 1.00 bits per heavy atom. The van der Waals surface area contributed by atoms with E-state index in [0.717, 1.165) is 16.3 Å². The van der Waals surface area contributed by atoms with Gasteiger partial charge in [-0.2, -0.15) is 0 Å². The molecule has 0 aliphatic carbocycles. The van der Waals surface area contributed by atoms with Crippen molar-refractivity contribution in [2.75, 3.05) is 13.1 Å². The molecule has 1 aliphatic rings. The second-order valence-electron chi connectivity index (χ2n) is 8.69. The zero-order valence-corrected chi connectivity index (χ0v) is 21.3. The average Bonchev–Trinajstić information content (AvgIpc) is 3.05. The smallest absolute Gasteiger partial charge is 0.269 e. The number of carbonyl (C=O) groups is 3. The van der Waals surface area contributed by atoms with Gasteiger partial charge < -0.3 is 10.2 Å². The third kappa shape index (κ3) is 5.90. The second-order valence-corrected chi connectivity index (χ2v) is 10.5. The molecule has 2 atom stereocenters. The van der Waals surface area contributed by atoms with Crippen molar-refractivity contribution in [3.05, 3.63) is 65.7 Å². The Morgan fingerprint density at radius 2 is 1.66 bits per heavy atom. The van der Waals surface area contributed by atoms with Crippen molar-refractivity contribution >= 4 is 27.7 Å². The molecule has 3 rings (SSSR count). The number of benzene rings is 2. The minimum atomic E-state index is -4.00. The number of nitrogens with zero attached hydrogens (tertiary/aromatic N) is 2. The molecule has 9 heteroatoms. The zero-order valence-electron chi connectivity index (χ0n) is 20.4. The van der Waals surface area contributed by atoms with Gasteiger partial charge in [0.2, 0.25) is 11.8 Å². The van der Waals surface area contributed by atoms with E-state index in [9.17, 15) is 22.8 Å². The van der Waals surface area contributed by atoms with Gasteiger partial charge in [0.05, 0.1) is 5.56 Å². The summed E-state index contributed by atoms with van der Waals surface area (Å²) in [4.78, 5) is 40.6.